The predicted octanol–water partition coefficient (Wildman–Crippen LogP) is 2.29. The summed E-state index contributed by atoms with van der Waals surface area (Å²) in [6.45, 7) is 0. The van der Waals surface area contributed by atoms with Crippen LogP contribution >= 0.6 is 11.3 Å². The molecule has 0 aliphatic heterocycles. The second-order valence-corrected chi connectivity index (χ2v) is 3.81. The molecule has 0 fully saturated rings. The summed E-state index contributed by atoms with van der Waals surface area (Å²) in [6, 6.07) is 6.89. The van der Waals surface area contributed by atoms with E-state index in [0.29, 0.717) is 16.5 Å². The third kappa shape index (κ3) is 1.07. The molecule has 1 N–H and O–H groups in total. The lowest BCUT2D eigenvalue weighted by Gasteiger charge is -1.93. The number of rotatable bonds is 1. The van der Waals surface area contributed by atoms with Crippen LogP contribution in [0.4, 0.5) is 0 Å². The van der Waals surface area contributed by atoms with Gasteiger partial charge in [0.1, 0.15) is 11.8 Å². The summed E-state index contributed by atoms with van der Waals surface area (Å²) in [7, 11) is 0. The average Bonchev–Trinajstić information content (AvgIpc) is 2.56. The number of thiophene rings is 1. The molecule has 0 atom stereocenters. The molecule has 3 nitrogen and oxygen atoms in total. The fourth-order valence-corrected chi connectivity index (χ4v) is 2.33. The summed E-state index contributed by atoms with van der Waals surface area (Å²) in [6.07, 6.45) is 0.642. The second kappa shape index (κ2) is 3.13. The van der Waals surface area contributed by atoms with Crippen molar-refractivity contribution in [2.75, 3.05) is 0 Å². The maximum absolute atomic E-state index is 10.6. The first kappa shape index (κ1) is 8.73. The van der Waals surface area contributed by atoms with Crippen molar-refractivity contribution in [3.8, 4) is 11.8 Å². The zero-order valence-corrected chi connectivity index (χ0v) is 7.84. The van der Waals surface area contributed by atoms with E-state index >= 15 is 0 Å². The lowest BCUT2D eigenvalue weighted by molar-refractivity contribution is 0.112. The minimum absolute atomic E-state index is 0.0448. The standard InChI is InChI=1S/C10H5NO2S/c11-4-6-9(5-12)14-8-3-1-2-7(13)10(6)8/h1-3,5,13H. The number of nitriles is 1. The lowest BCUT2D eigenvalue weighted by Crippen LogP contribution is -1.78. The third-order valence-electron chi connectivity index (χ3n) is 1.94. The molecule has 14 heavy (non-hydrogen) atoms. The average molecular weight is 203 g/mol. The Hall–Kier alpha value is -1.86. The van der Waals surface area contributed by atoms with Crippen molar-refractivity contribution < 1.29 is 9.90 Å². The van der Waals surface area contributed by atoms with Gasteiger partial charge in [-0.1, -0.05) is 6.07 Å². The fourth-order valence-electron chi connectivity index (χ4n) is 1.34. The number of nitrogens with zero attached hydrogens (tertiary/aromatic N) is 1. The molecule has 0 spiro atoms. The van der Waals surface area contributed by atoms with Crippen molar-refractivity contribution in [2.45, 2.75) is 0 Å². The molecule has 2 aromatic rings. The van der Waals surface area contributed by atoms with Gasteiger partial charge in [0, 0.05) is 4.70 Å². The van der Waals surface area contributed by atoms with Gasteiger partial charge in [0.15, 0.2) is 6.29 Å². The minimum Gasteiger partial charge on any atom is -0.507 e. The van der Waals surface area contributed by atoms with Gasteiger partial charge >= 0.3 is 0 Å². The number of fused-ring (bicyclic) bond motifs is 1. The summed E-state index contributed by atoms with van der Waals surface area (Å²) in [5.41, 5.74) is 0.262. The van der Waals surface area contributed by atoms with Gasteiger partial charge in [0.2, 0.25) is 0 Å². The quantitative estimate of drug-likeness (QED) is 0.723. The van der Waals surface area contributed by atoms with E-state index in [4.69, 9.17) is 5.26 Å². The number of hydrogen-bond acceptors (Lipinski definition) is 4. The molecule has 0 unspecified atom stereocenters. The van der Waals surface area contributed by atoms with E-state index in [1.807, 2.05) is 6.07 Å². The molecule has 0 saturated carbocycles. The summed E-state index contributed by atoms with van der Waals surface area (Å²) >= 11 is 1.21. The molecule has 1 heterocycles. The second-order valence-electron chi connectivity index (χ2n) is 2.72. The van der Waals surface area contributed by atoms with Crippen LogP contribution in [-0.2, 0) is 0 Å². The van der Waals surface area contributed by atoms with Crippen LogP contribution in [0.5, 0.6) is 5.75 Å². The van der Waals surface area contributed by atoms with Gasteiger partial charge in [0.25, 0.3) is 0 Å². The molecule has 0 aliphatic carbocycles. The fraction of sp³-hybridized carbons (Fsp3) is 0. The molecule has 0 saturated heterocycles. The van der Waals surface area contributed by atoms with Crippen molar-refractivity contribution in [3.63, 3.8) is 0 Å². The van der Waals surface area contributed by atoms with Crippen molar-refractivity contribution in [1.29, 1.82) is 5.26 Å². The van der Waals surface area contributed by atoms with Crippen LogP contribution in [0.3, 0.4) is 0 Å². The van der Waals surface area contributed by atoms with Crippen LogP contribution in [0.25, 0.3) is 10.1 Å². The monoisotopic (exact) mass is 203 g/mol. The number of aromatic hydroxyl groups is 1. The zero-order valence-electron chi connectivity index (χ0n) is 7.02. The Labute approximate surface area is 83.8 Å². The lowest BCUT2D eigenvalue weighted by atomic mass is 10.1. The molecule has 1 aromatic carbocycles. The van der Waals surface area contributed by atoms with Gasteiger partial charge < -0.3 is 5.11 Å². The highest BCUT2D eigenvalue weighted by molar-refractivity contribution is 7.20. The highest BCUT2D eigenvalue weighted by atomic mass is 32.1. The summed E-state index contributed by atoms with van der Waals surface area (Å²) in [5.74, 6) is 0.0448. The van der Waals surface area contributed by atoms with Crippen LogP contribution < -0.4 is 0 Å². The number of carbonyl (C=O) groups excluding carboxylic acids is 1. The molecular weight excluding hydrogens is 198 g/mol. The number of carbonyl (C=O) groups is 1. The van der Waals surface area contributed by atoms with E-state index < -0.39 is 0 Å². The van der Waals surface area contributed by atoms with Crippen molar-refractivity contribution in [3.05, 3.63) is 28.6 Å². The van der Waals surface area contributed by atoms with Crippen LogP contribution in [0.2, 0.25) is 0 Å². The first-order chi connectivity index (χ1) is 6.77. The van der Waals surface area contributed by atoms with Crippen molar-refractivity contribution in [1.82, 2.24) is 0 Å². The number of phenolic OH excluding ortho intramolecular Hbond substituents is 1. The Balaban J connectivity index is 2.97. The molecule has 0 radical (unpaired) electrons. The van der Waals surface area contributed by atoms with Gasteiger partial charge in [-0.05, 0) is 12.1 Å². The Morgan fingerprint density at radius 1 is 1.50 bits per heavy atom. The molecule has 0 aliphatic rings. The molecule has 0 bridgehead atoms. The van der Waals surface area contributed by atoms with Gasteiger partial charge in [-0.25, -0.2) is 0 Å². The van der Waals surface area contributed by atoms with Crippen molar-refractivity contribution >= 4 is 27.7 Å². The SMILES string of the molecule is N#Cc1c(C=O)sc2cccc(O)c12. The molecule has 68 valence electrons. The van der Waals surface area contributed by atoms with Gasteiger partial charge in [0.05, 0.1) is 15.8 Å². The zero-order chi connectivity index (χ0) is 10.1. The highest BCUT2D eigenvalue weighted by Crippen LogP contribution is 2.35. The van der Waals surface area contributed by atoms with Crippen LogP contribution in [0.1, 0.15) is 15.2 Å². The Morgan fingerprint density at radius 3 is 2.93 bits per heavy atom. The Bertz CT molecular complexity index is 551. The van der Waals surface area contributed by atoms with Crippen LogP contribution in [-0.4, -0.2) is 11.4 Å². The highest BCUT2D eigenvalue weighted by Gasteiger charge is 2.13. The topological polar surface area (TPSA) is 61.1 Å². The van der Waals surface area contributed by atoms with E-state index in [1.54, 1.807) is 12.1 Å². The number of benzene rings is 1. The Kier molecular flexibility index (Phi) is 1.95. The van der Waals surface area contributed by atoms with E-state index in [0.717, 1.165) is 4.70 Å². The van der Waals surface area contributed by atoms with E-state index in [1.165, 1.54) is 17.4 Å². The third-order valence-corrected chi connectivity index (χ3v) is 3.02. The number of aldehydes is 1. The molecule has 1 aromatic heterocycles. The number of hydrogen-bond donors (Lipinski definition) is 1. The van der Waals surface area contributed by atoms with Gasteiger partial charge in [-0.3, -0.25) is 4.79 Å². The first-order valence-electron chi connectivity index (χ1n) is 3.87. The number of phenols is 1. The largest absolute Gasteiger partial charge is 0.507 e. The molecule has 0 amide bonds. The Morgan fingerprint density at radius 2 is 2.29 bits per heavy atom. The molecule has 4 heteroatoms. The normalized spacial score (nSPS) is 9.93. The molecule has 2 rings (SSSR count). The maximum Gasteiger partial charge on any atom is 0.161 e. The van der Waals surface area contributed by atoms with E-state index in [9.17, 15) is 9.90 Å². The van der Waals surface area contributed by atoms with Gasteiger partial charge in [-0.2, -0.15) is 5.26 Å². The van der Waals surface area contributed by atoms with E-state index in [2.05, 4.69) is 0 Å². The summed E-state index contributed by atoms with van der Waals surface area (Å²) in [5, 5.41) is 18.9. The van der Waals surface area contributed by atoms with Crippen LogP contribution in [0, 0.1) is 11.3 Å². The van der Waals surface area contributed by atoms with E-state index in [-0.39, 0.29) is 11.3 Å². The summed E-state index contributed by atoms with van der Waals surface area (Å²) in [4.78, 5) is 11.0. The van der Waals surface area contributed by atoms with Crippen LogP contribution in [0.15, 0.2) is 18.2 Å². The summed E-state index contributed by atoms with van der Waals surface area (Å²) < 4.78 is 0.753. The van der Waals surface area contributed by atoms with Crippen molar-refractivity contribution in [2.24, 2.45) is 0 Å². The predicted molar refractivity (Wildman–Crippen MR) is 53.6 cm³/mol. The first-order valence-corrected chi connectivity index (χ1v) is 4.69. The maximum atomic E-state index is 10.6. The van der Waals surface area contributed by atoms with Gasteiger partial charge in [-0.15, -0.1) is 11.3 Å². The smallest absolute Gasteiger partial charge is 0.161 e. The minimum atomic E-state index is 0.0448. The molecular formula is C10H5NO2S.